The number of para-hydroxylation sites is 1. The van der Waals surface area contributed by atoms with E-state index < -0.39 is 12.0 Å². The maximum Gasteiger partial charge on any atom is 0.305 e. The van der Waals surface area contributed by atoms with Crippen LogP contribution in [-0.2, 0) is 16.1 Å². The molecule has 1 atom stereocenters. The lowest BCUT2D eigenvalue weighted by Gasteiger charge is -2.17. The molecular weight excluding hydrogens is 320 g/mol. The van der Waals surface area contributed by atoms with Crippen molar-refractivity contribution < 1.29 is 14.7 Å². The third kappa shape index (κ3) is 4.00. The van der Waals surface area contributed by atoms with Gasteiger partial charge in [-0.25, -0.2) is 4.68 Å². The number of nitrogens with zero attached hydrogens (tertiary/aromatic N) is 3. The van der Waals surface area contributed by atoms with Crippen LogP contribution in [0.4, 0.5) is 0 Å². The predicted molar refractivity (Wildman–Crippen MR) is 91.8 cm³/mol. The lowest BCUT2D eigenvalue weighted by Crippen LogP contribution is -2.33. The number of carbonyl (C=O) groups excluding carboxylic acids is 1. The number of amides is 1. The van der Waals surface area contributed by atoms with Gasteiger partial charge in [0.15, 0.2) is 0 Å². The molecule has 1 unspecified atom stereocenters. The fourth-order valence-electron chi connectivity index (χ4n) is 2.64. The summed E-state index contributed by atoms with van der Waals surface area (Å²) in [7, 11) is 0. The van der Waals surface area contributed by atoms with E-state index in [0.717, 1.165) is 16.6 Å². The molecule has 25 heavy (non-hydrogen) atoms. The molecule has 0 fully saturated rings. The molecule has 7 nitrogen and oxygen atoms in total. The summed E-state index contributed by atoms with van der Waals surface area (Å²) in [6, 6.07) is 14.2. The molecule has 0 aliphatic carbocycles. The number of carboxylic acid groups (broad SMARTS) is 1. The van der Waals surface area contributed by atoms with Gasteiger partial charge in [0.05, 0.1) is 18.0 Å². The highest BCUT2D eigenvalue weighted by molar-refractivity contribution is 5.80. The smallest absolute Gasteiger partial charge is 0.305 e. The van der Waals surface area contributed by atoms with E-state index in [1.54, 1.807) is 0 Å². The molecule has 0 spiro atoms. The largest absolute Gasteiger partial charge is 0.481 e. The normalized spacial score (nSPS) is 12.0. The van der Waals surface area contributed by atoms with Gasteiger partial charge in [-0.3, -0.25) is 9.59 Å². The van der Waals surface area contributed by atoms with Crippen molar-refractivity contribution in [1.82, 2.24) is 20.3 Å². The Morgan fingerprint density at radius 1 is 1.16 bits per heavy atom. The van der Waals surface area contributed by atoms with Crippen molar-refractivity contribution in [2.75, 3.05) is 0 Å². The number of aryl methyl sites for hydroxylation is 1. The van der Waals surface area contributed by atoms with Crippen LogP contribution in [0.25, 0.3) is 11.0 Å². The van der Waals surface area contributed by atoms with Crippen molar-refractivity contribution >= 4 is 22.9 Å². The van der Waals surface area contributed by atoms with Crippen molar-refractivity contribution in [2.45, 2.75) is 25.9 Å². The van der Waals surface area contributed by atoms with Crippen LogP contribution in [-0.4, -0.2) is 32.0 Å². The maximum absolute atomic E-state index is 12.4. The average Bonchev–Trinajstić information content (AvgIpc) is 2.98. The minimum absolute atomic E-state index is 0.0253. The summed E-state index contributed by atoms with van der Waals surface area (Å²) in [5.41, 5.74) is 3.28. The van der Waals surface area contributed by atoms with Crippen molar-refractivity contribution in [2.24, 2.45) is 0 Å². The minimum atomic E-state index is -0.975. The summed E-state index contributed by atoms with van der Waals surface area (Å²) >= 11 is 0. The number of aliphatic carboxylic acids is 1. The number of carboxylic acids is 1. The summed E-state index contributed by atoms with van der Waals surface area (Å²) in [4.78, 5) is 23.5. The van der Waals surface area contributed by atoms with Gasteiger partial charge in [-0.2, -0.15) is 0 Å². The zero-order valence-electron chi connectivity index (χ0n) is 13.7. The van der Waals surface area contributed by atoms with Crippen LogP contribution < -0.4 is 5.32 Å². The standard InChI is InChI=1S/C18H18N4O3/c1-12-6-8-13(9-7-12)15(10-18(24)25)19-17(23)11-22-16-5-3-2-4-14(16)20-21-22/h2-9,15H,10-11H2,1H3,(H,19,23)(H,24,25). The Morgan fingerprint density at radius 2 is 1.88 bits per heavy atom. The van der Waals surface area contributed by atoms with Gasteiger partial charge in [-0.05, 0) is 24.6 Å². The Kier molecular flexibility index (Phi) is 4.74. The Hall–Kier alpha value is -3.22. The lowest BCUT2D eigenvalue weighted by molar-refractivity contribution is -0.137. The van der Waals surface area contributed by atoms with Crippen molar-refractivity contribution in [3.8, 4) is 0 Å². The molecule has 1 heterocycles. The van der Waals surface area contributed by atoms with Gasteiger partial charge in [-0.1, -0.05) is 47.2 Å². The van der Waals surface area contributed by atoms with E-state index in [2.05, 4.69) is 15.6 Å². The Labute approximate surface area is 144 Å². The Balaban J connectivity index is 1.75. The topological polar surface area (TPSA) is 97.1 Å². The summed E-state index contributed by atoms with van der Waals surface area (Å²) in [5, 5.41) is 19.9. The molecular formula is C18H18N4O3. The highest BCUT2D eigenvalue weighted by atomic mass is 16.4. The quantitative estimate of drug-likeness (QED) is 0.717. The SMILES string of the molecule is Cc1ccc(C(CC(=O)O)NC(=O)Cn2nnc3ccccc32)cc1. The summed E-state index contributed by atoms with van der Waals surface area (Å²) < 4.78 is 1.50. The van der Waals surface area contributed by atoms with E-state index in [1.165, 1.54) is 4.68 Å². The number of aromatic nitrogens is 3. The average molecular weight is 338 g/mol. The third-order valence-electron chi connectivity index (χ3n) is 3.91. The van der Waals surface area contributed by atoms with E-state index >= 15 is 0 Å². The maximum atomic E-state index is 12.4. The zero-order chi connectivity index (χ0) is 17.8. The molecule has 0 aliphatic rings. The molecule has 0 aliphatic heterocycles. The van der Waals surface area contributed by atoms with Gasteiger partial charge in [0.1, 0.15) is 12.1 Å². The first-order valence-electron chi connectivity index (χ1n) is 7.89. The van der Waals surface area contributed by atoms with E-state index in [-0.39, 0.29) is 18.9 Å². The zero-order valence-corrected chi connectivity index (χ0v) is 13.7. The summed E-state index contributed by atoms with van der Waals surface area (Å²) in [6.07, 6.45) is -0.188. The van der Waals surface area contributed by atoms with Crippen LogP contribution in [0, 0.1) is 6.92 Å². The Morgan fingerprint density at radius 3 is 2.60 bits per heavy atom. The molecule has 1 amide bonds. The number of hydrogen-bond donors (Lipinski definition) is 2. The number of rotatable bonds is 6. The van der Waals surface area contributed by atoms with E-state index in [9.17, 15) is 9.59 Å². The number of fused-ring (bicyclic) bond motifs is 1. The van der Waals surface area contributed by atoms with E-state index in [0.29, 0.717) is 5.52 Å². The number of carbonyl (C=O) groups is 2. The van der Waals surface area contributed by atoms with Gasteiger partial charge < -0.3 is 10.4 Å². The van der Waals surface area contributed by atoms with E-state index in [1.807, 2.05) is 55.5 Å². The second-order valence-electron chi connectivity index (χ2n) is 5.86. The van der Waals surface area contributed by atoms with Gasteiger partial charge in [-0.15, -0.1) is 5.10 Å². The summed E-state index contributed by atoms with van der Waals surface area (Å²) in [6.45, 7) is 1.92. The van der Waals surface area contributed by atoms with Gasteiger partial charge in [0.25, 0.3) is 0 Å². The second-order valence-corrected chi connectivity index (χ2v) is 5.86. The lowest BCUT2D eigenvalue weighted by atomic mass is 10.0. The fraction of sp³-hybridized carbons (Fsp3) is 0.222. The number of nitrogens with one attached hydrogen (secondary N) is 1. The first-order chi connectivity index (χ1) is 12.0. The first kappa shape index (κ1) is 16.6. The van der Waals surface area contributed by atoms with Gasteiger partial charge >= 0.3 is 5.97 Å². The molecule has 1 aromatic heterocycles. The highest BCUT2D eigenvalue weighted by Gasteiger charge is 2.19. The van der Waals surface area contributed by atoms with Gasteiger partial charge in [0.2, 0.25) is 5.91 Å². The van der Waals surface area contributed by atoms with Crippen LogP contribution >= 0.6 is 0 Å². The van der Waals surface area contributed by atoms with Gasteiger partial charge in [0, 0.05) is 0 Å². The predicted octanol–water partition coefficient (Wildman–Crippen LogP) is 2.07. The Bertz CT molecular complexity index is 902. The fourth-order valence-corrected chi connectivity index (χ4v) is 2.64. The first-order valence-corrected chi connectivity index (χ1v) is 7.89. The van der Waals surface area contributed by atoms with Crippen LogP contribution in [0.5, 0.6) is 0 Å². The van der Waals surface area contributed by atoms with Crippen molar-refractivity contribution in [3.63, 3.8) is 0 Å². The van der Waals surface area contributed by atoms with E-state index in [4.69, 9.17) is 5.11 Å². The monoisotopic (exact) mass is 338 g/mol. The molecule has 2 aromatic carbocycles. The van der Waals surface area contributed by atoms with Crippen LogP contribution in [0.15, 0.2) is 48.5 Å². The molecule has 3 aromatic rings. The molecule has 0 saturated carbocycles. The molecule has 2 N–H and O–H groups in total. The van der Waals surface area contributed by atoms with Crippen molar-refractivity contribution in [1.29, 1.82) is 0 Å². The molecule has 3 rings (SSSR count). The van der Waals surface area contributed by atoms with Crippen LogP contribution in [0.3, 0.4) is 0 Å². The minimum Gasteiger partial charge on any atom is -0.481 e. The van der Waals surface area contributed by atoms with Crippen LogP contribution in [0.1, 0.15) is 23.6 Å². The molecule has 0 saturated heterocycles. The molecule has 0 radical (unpaired) electrons. The number of benzene rings is 2. The van der Waals surface area contributed by atoms with Crippen LogP contribution in [0.2, 0.25) is 0 Å². The molecule has 7 heteroatoms. The number of hydrogen-bond acceptors (Lipinski definition) is 4. The third-order valence-corrected chi connectivity index (χ3v) is 3.91. The molecule has 0 bridgehead atoms. The second kappa shape index (κ2) is 7.12. The summed E-state index contributed by atoms with van der Waals surface area (Å²) in [5.74, 6) is -1.29. The molecule has 128 valence electrons. The highest BCUT2D eigenvalue weighted by Crippen LogP contribution is 2.18. The van der Waals surface area contributed by atoms with Crippen molar-refractivity contribution in [3.05, 3.63) is 59.7 Å².